The number of halogens is 1. The minimum absolute atomic E-state index is 0.230. The largest absolute Gasteiger partial charge is 0.491 e. The zero-order valence-electron chi connectivity index (χ0n) is 9.41. The molecule has 1 heterocycles. The molecule has 0 fully saturated rings. The van der Waals surface area contributed by atoms with Gasteiger partial charge < -0.3 is 14.4 Å². The minimum atomic E-state index is -0.953. The highest BCUT2D eigenvalue weighted by molar-refractivity contribution is 14.1. The van der Waals surface area contributed by atoms with Gasteiger partial charge in [-0.15, -0.1) is 0 Å². The molecule has 6 heteroatoms. The van der Waals surface area contributed by atoms with Crippen LogP contribution in [0.1, 0.15) is 10.4 Å². The maximum atomic E-state index is 10.9. The van der Waals surface area contributed by atoms with Crippen LogP contribution < -0.4 is 4.74 Å². The highest BCUT2D eigenvalue weighted by Gasteiger charge is 2.07. The van der Waals surface area contributed by atoms with Gasteiger partial charge in [0.15, 0.2) is 0 Å². The van der Waals surface area contributed by atoms with Crippen molar-refractivity contribution >= 4 is 28.6 Å². The monoisotopic (exact) mass is 358 g/mol. The van der Waals surface area contributed by atoms with Crippen LogP contribution in [0.2, 0.25) is 0 Å². The zero-order valence-corrected chi connectivity index (χ0v) is 11.6. The van der Waals surface area contributed by atoms with Crippen molar-refractivity contribution in [3.05, 3.63) is 46.1 Å². The summed E-state index contributed by atoms with van der Waals surface area (Å²) in [6, 6.07) is 4.83. The Morgan fingerprint density at radius 2 is 2.33 bits per heavy atom. The Morgan fingerprint density at radius 1 is 1.50 bits per heavy atom. The summed E-state index contributed by atoms with van der Waals surface area (Å²) in [5, 5.41) is 8.91. The molecular weight excluding hydrogens is 347 g/mol. The van der Waals surface area contributed by atoms with E-state index in [1.54, 1.807) is 24.7 Å². The number of carbonyl (C=O) groups is 1. The average Bonchev–Trinajstić information content (AvgIpc) is 2.84. The molecule has 0 aliphatic heterocycles. The van der Waals surface area contributed by atoms with Gasteiger partial charge in [-0.3, -0.25) is 0 Å². The lowest BCUT2D eigenvalue weighted by atomic mass is 10.2. The van der Waals surface area contributed by atoms with E-state index >= 15 is 0 Å². The van der Waals surface area contributed by atoms with E-state index in [1.807, 2.05) is 10.8 Å². The Kier molecular flexibility index (Phi) is 4.19. The van der Waals surface area contributed by atoms with Gasteiger partial charge >= 0.3 is 5.97 Å². The molecule has 94 valence electrons. The predicted molar refractivity (Wildman–Crippen MR) is 73.8 cm³/mol. The Balaban J connectivity index is 2.00. The average molecular weight is 358 g/mol. The van der Waals surface area contributed by atoms with Gasteiger partial charge in [0.05, 0.1) is 22.0 Å². The second-order valence-electron chi connectivity index (χ2n) is 3.60. The second kappa shape index (κ2) is 5.85. The van der Waals surface area contributed by atoms with Crippen LogP contribution in [0.4, 0.5) is 0 Å². The third-order valence-corrected chi connectivity index (χ3v) is 3.24. The van der Waals surface area contributed by atoms with Crippen molar-refractivity contribution in [2.75, 3.05) is 6.61 Å². The SMILES string of the molecule is O=C(O)c1ccc(I)c(OCCn2ccnc2)c1. The van der Waals surface area contributed by atoms with E-state index in [4.69, 9.17) is 9.84 Å². The lowest BCUT2D eigenvalue weighted by Gasteiger charge is -2.09. The molecule has 2 rings (SSSR count). The van der Waals surface area contributed by atoms with Crippen LogP contribution in [-0.4, -0.2) is 27.2 Å². The summed E-state index contributed by atoms with van der Waals surface area (Å²) >= 11 is 2.12. The van der Waals surface area contributed by atoms with Gasteiger partial charge in [-0.05, 0) is 40.8 Å². The number of imidazole rings is 1. The number of benzene rings is 1. The Morgan fingerprint density at radius 3 is 3.00 bits per heavy atom. The standard InChI is InChI=1S/C12H11IN2O3/c13-10-2-1-9(12(16)17)7-11(10)18-6-5-15-4-3-14-8-15/h1-4,7-8H,5-6H2,(H,16,17). The number of rotatable bonds is 5. The lowest BCUT2D eigenvalue weighted by molar-refractivity contribution is 0.0696. The maximum absolute atomic E-state index is 10.9. The van der Waals surface area contributed by atoms with Gasteiger partial charge in [0.25, 0.3) is 0 Å². The van der Waals surface area contributed by atoms with Gasteiger partial charge in [-0.1, -0.05) is 0 Å². The van der Waals surface area contributed by atoms with Crippen LogP contribution in [0, 0.1) is 3.57 Å². The molecule has 1 aromatic carbocycles. The first-order chi connectivity index (χ1) is 8.66. The van der Waals surface area contributed by atoms with Crippen LogP contribution in [0.5, 0.6) is 5.75 Å². The highest BCUT2D eigenvalue weighted by atomic mass is 127. The number of aromatic nitrogens is 2. The summed E-state index contributed by atoms with van der Waals surface area (Å²) in [5.41, 5.74) is 0.230. The van der Waals surface area contributed by atoms with E-state index in [1.165, 1.54) is 6.07 Å². The summed E-state index contributed by atoms with van der Waals surface area (Å²) < 4.78 is 8.37. The van der Waals surface area contributed by atoms with Crippen molar-refractivity contribution in [2.45, 2.75) is 6.54 Å². The van der Waals surface area contributed by atoms with Crippen LogP contribution >= 0.6 is 22.6 Å². The van der Waals surface area contributed by atoms with E-state index in [2.05, 4.69) is 27.6 Å². The first kappa shape index (κ1) is 12.9. The van der Waals surface area contributed by atoms with Crippen LogP contribution in [0.15, 0.2) is 36.9 Å². The van der Waals surface area contributed by atoms with Gasteiger partial charge in [0.1, 0.15) is 12.4 Å². The summed E-state index contributed by atoms with van der Waals surface area (Å²) in [6.45, 7) is 1.14. The molecule has 2 aromatic rings. The summed E-state index contributed by atoms with van der Waals surface area (Å²) in [6.07, 6.45) is 5.26. The van der Waals surface area contributed by atoms with E-state index in [9.17, 15) is 4.79 Å². The summed E-state index contributed by atoms with van der Waals surface area (Å²) in [7, 11) is 0. The van der Waals surface area contributed by atoms with Crippen molar-refractivity contribution in [1.82, 2.24) is 9.55 Å². The molecule has 0 atom stereocenters. The normalized spacial score (nSPS) is 10.3. The summed E-state index contributed by atoms with van der Waals surface area (Å²) in [4.78, 5) is 14.8. The highest BCUT2D eigenvalue weighted by Crippen LogP contribution is 2.22. The van der Waals surface area contributed by atoms with E-state index in [0.29, 0.717) is 18.9 Å². The number of hydrogen-bond acceptors (Lipinski definition) is 3. The van der Waals surface area contributed by atoms with E-state index in [0.717, 1.165) is 3.57 Å². The molecule has 0 saturated heterocycles. The third kappa shape index (κ3) is 3.22. The molecular formula is C12H11IN2O3. The van der Waals surface area contributed by atoms with Gasteiger partial charge in [-0.2, -0.15) is 0 Å². The van der Waals surface area contributed by atoms with Crippen LogP contribution in [-0.2, 0) is 6.54 Å². The number of carboxylic acids is 1. The predicted octanol–water partition coefficient (Wildman–Crippen LogP) is 2.26. The Labute approximate surface area is 118 Å². The topological polar surface area (TPSA) is 64.3 Å². The van der Waals surface area contributed by atoms with Gasteiger partial charge in [0.2, 0.25) is 0 Å². The molecule has 0 bridgehead atoms. The molecule has 5 nitrogen and oxygen atoms in total. The molecule has 18 heavy (non-hydrogen) atoms. The fourth-order valence-corrected chi connectivity index (χ4v) is 1.92. The van der Waals surface area contributed by atoms with E-state index in [-0.39, 0.29) is 5.56 Å². The molecule has 0 amide bonds. The maximum Gasteiger partial charge on any atom is 0.335 e. The van der Waals surface area contributed by atoms with Crippen molar-refractivity contribution in [3.8, 4) is 5.75 Å². The first-order valence-electron chi connectivity index (χ1n) is 5.28. The number of aromatic carboxylic acids is 1. The summed E-state index contributed by atoms with van der Waals surface area (Å²) in [5.74, 6) is -0.360. The number of nitrogens with zero attached hydrogens (tertiary/aromatic N) is 2. The van der Waals surface area contributed by atoms with Crippen molar-refractivity contribution in [1.29, 1.82) is 0 Å². The molecule has 0 radical (unpaired) electrons. The molecule has 0 aliphatic rings. The smallest absolute Gasteiger partial charge is 0.335 e. The Bertz CT molecular complexity index is 540. The molecule has 1 aromatic heterocycles. The molecule has 0 aliphatic carbocycles. The fraction of sp³-hybridized carbons (Fsp3) is 0.167. The Hall–Kier alpha value is -1.57. The number of carboxylic acid groups (broad SMARTS) is 1. The second-order valence-corrected chi connectivity index (χ2v) is 4.76. The number of hydrogen-bond donors (Lipinski definition) is 1. The molecule has 0 saturated carbocycles. The van der Waals surface area contributed by atoms with Gasteiger partial charge in [-0.25, -0.2) is 9.78 Å². The zero-order chi connectivity index (χ0) is 13.0. The first-order valence-corrected chi connectivity index (χ1v) is 6.36. The quantitative estimate of drug-likeness (QED) is 0.833. The molecule has 0 unspecified atom stereocenters. The van der Waals surface area contributed by atoms with Crippen molar-refractivity contribution in [2.24, 2.45) is 0 Å². The van der Waals surface area contributed by atoms with Crippen LogP contribution in [0.3, 0.4) is 0 Å². The van der Waals surface area contributed by atoms with Crippen molar-refractivity contribution in [3.63, 3.8) is 0 Å². The fourth-order valence-electron chi connectivity index (χ4n) is 1.43. The molecule has 1 N–H and O–H groups in total. The van der Waals surface area contributed by atoms with E-state index < -0.39 is 5.97 Å². The minimum Gasteiger partial charge on any atom is -0.491 e. The lowest BCUT2D eigenvalue weighted by Crippen LogP contribution is -2.08. The third-order valence-electron chi connectivity index (χ3n) is 2.34. The van der Waals surface area contributed by atoms with Gasteiger partial charge in [0, 0.05) is 12.4 Å². The van der Waals surface area contributed by atoms with Crippen LogP contribution in [0.25, 0.3) is 0 Å². The number of ether oxygens (including phenoxy) is 1. The van der Waals surface area contributed by atoms with Crippen molar-refractivity contribution < 1.29 is 14.6 Å². The molecule has 0 spiro atoms.